The Morgan fingerprint density at radius 1 is 1.34 bits per heavy atom. The molecular weight excluding hydrogens is 424 g/mol. The van der Waals surface area contributed by atoms with Crippen LogP contribution in [0.1, 0.15) is 31.2 Å². The number of carbonyl (C=O) groups excluding carboxylic acids is 1. The molecule has 0 bridgehead atoms. The zero-order chi connectivity index (χ0) is 22.9. The van der Waals surface area contributed by atoms with Crippen LogP contribution in [-0.2, 0) is 20.7 Å². The quantitative estimate of drug-likeness (QED) is 0.312. The van der Waals surface area contributed by atoms with E-state index >= 15 is 0 Å². The maximum atomic E-state index is 12.1. The molecule has 1 atom stereocenters. The molecule has 2 aromatic rings. The van der Waals surface area contributed by atoms with Crippen LogP contribution < -0.4 is 4.72 Å². The number of allylic oxidation sites excluding steroid dienone is 3. The summed E-state index contributed by atoms with van der Waals surface area (Å²) < 4.78 is 20.5. The second-order valence-electron chi connectivity index (χ2n) is 7.60. The molecule has 0 fully saturated rings. The number of oxazole rings is 1. The van der Waals surface area contributed by atoms with Gasteiger partial charge in [-0.25, -0.2) is 4.98 Å². The van der Waals surface area contributed by atoms with E-state index in [-0.39, 0.29) is 11.8 Å². The predicted octanol–water partition coefficient (Wildman–Crippen LogP) is 5.37. The summed E-state index contributed by atoms with van der Waals surface area (Å²) >= 11 is 1.31. The average Bonchev–Trinajstić information content (AvgIpc) is 3.07. The minimum absolute atomic E-state index is 0.00794. The van der Waals surface area contributed by atoms with E-state index in [0.29, 0.717) is 31.3 Å². The highest BCUT2D eigenvalue weighted by Crippen LogP contribution is 2.25. The van der Waals surface area contributed by atoms with Crippen molar-refractivity contribution < 1.29 is 18.7 Å². The molecule has 7 heteroatoms. The Kier molecular flexibility index (Phi) is 8.62. The normalized spacial score (nSPS) is 16.8. The summed E-state index contributed by atoms with van der Waals surface area (Å²) in [5, 5.41) is 0. The lowest BCUT2D eigenvalue weighted by molar-refractivity contribution is -0.124. The third-order valence-corrected chi connectivity index (χ3v) is 5.70. The molecule has 0 spiro atoms. The van der Waals surface area contributed by atoms with Crippen LogP contribution in [0.25, 0.3) is 11.5 Å². The molecule has 0 saturated heterocycles. The molecule has 170 valence electrons. The lowest BCUT2D eigenvalue weighted by Gasteiger charge is -2.14. The van der Waals surface area contributed by atoms with E-state index in [9.17, 15) is 4.79 Å². The number of nitrogens with zero attached hydrogens (tertiary/aromatic N) is 1. The third-order valence-electron chi connectivity index (χ3n) is 5.30. The molecule has 1 aromatic heterocycles. The number of hydrogen-bond acceptors (Lipinski definition) is 6. The van der Waals surface area contributed by atoms with E-state index < -0.39 is 0 Å². The first-order chi connectivity index (χ1) is 15.5. The highest BCUT2D eigenvalue weighted by atomic mass is 32.2. The molecule has 2 heterocycles. The smallest absolute Gasteiger partial charge is 0.236 e. The Morgan fingerprint density at radius 2 is 2.12 bits per heavy atom. The Labute approximate surface area is 193 Å². The molecule has 3 rings (SSSR count). The summed E-state index contributed by atoms with van der Waals surface area (Å²) in [7, 11) is 0. The van der Waals surface area contributed by atoms with E-state index in [1.807, 2.05) is 56.5 Å². The van der Waals surface area contributed by atoms with Crippen molar-refractivity contribution in [3.63, 3.8) is 0 Å². The number of hydrogen-bond donors (Lipinski definition) is 1. The first-order valence-corrected chi connectivity index (χ1v) is 11.9. The van der Waals surface area contributed by atoms with Gasteiger partial charge in [-0.05, 0) is 50.5 Å². The van der Waals surface area contributed by atoms with Crippen LogP contribution in [0.3, 0.4) is 0 Å². The van der Waals surface area contributed by atoms with Crippen molar-refractivity contribution in [2.45, 2.75) is 33.1 Å². The minimum Gasteiger partial charge on any atom is -0.493 e. The van der Waals surface area contributed by atoms with Gasteiger partial charge in [-0.15, -0.1) is 0 Å². The maximum absolute atomic E-state index is 12.1. The molecule has 0 saturated carbocycles. The second-order valence-corrected chi connectivity index (χ2v) is 8.21. The summed E-state index contributed by atoms with van der Waals surface area (Å²) in [5.74, 6) is 2.61. The summed E-state index contributed by atoms with van der Waals surface area (Å²) in [6.07, 6.45) is 7.52. The lowest BCUT2D eigenvalue weighted by Crippen LogP contribution is -2.28. The van der Waals surface area contributed by atoms with Crippen LogP contribution in [0.5, 0.6) is 0 Å². The van der Waals surface area contributed by atoms with Gasteiger partial charge in [-0.3, -0.25) is 4.79 Å². The third kappa shape index (κ3) is 6.29. The first-order valence-electron chi connectivity index (χ1n) is 10.7. The van der Waals surface area contributed by atoms with Crippen molar-refractivity contribution in [2.24, 2.45) is 5.92 Å². The molecule has 0 aliphatic carbocycles. The number of aryl methyl sites for hydroxylation is 1. The number of ether oxygens (including phenoxy) is 2. The van der Waals surface area contributed by atoms with Crippen molar-refractivity contribution in [3.8, 4) is 11.5 Å². The van der Waals surface area contributed by atoms with E-state index in [1.165, 1.54) is 11.9 Å². The molecule has 1 aliphatic rings. The van der Waals surface area contributed by atoms with Crippen molar-refractivity contribution in [1.29, 1.82) is 0 Å². The minimum atomic E-state index is -0.162. The van der Waals surface area contributed by atoms with Crippen LogP contribution in [0.2, 0.25) is 0 Å². The SMILES string of the molecule is C=C/C(=C\C1=C(C)CCC(C(=O)NSC)CO1)OCCc1nc(-c2ccccc2)oc1C. The highest BCUT2D eigenvalue weighted by Gasteiger charge is 2.23. The van der Waals surface area contributed by atoms with E-state index in [1.54, 1.807) is 6.08 Å². The largest absolute Gasteiger partial charge is 0.493 e. The summed E-state index contributed by atoms with van der Waals surface area (Å²) in [5.41, 5.74) is 2.91. The number of aromatic nitrogens is 1. The van der Waals surface area contributed by atoms with Gasteiger partial charge < -0.3 is 18.6 Å². The zero-order valence-electron chi connectivity index (χ0n) is 18.8. The molecule has 1 amide bonds. The Hall–Kier alpha value is -2.93. The fourth-order valence-corrected chi connectivity index (χ4v) is 3.75. The number of rotatable bonds is 9. The average molecular weight is 455 g/mol. The van der Waals surface area contributed by atoms with E-state index in [2.05, 4.69) is 16.3 Å². The van der Waals surface area contributed by atoms with Crippen molar-refractivity contribution in [3.05, 3.63) is 77.6 Å². The molecule has 1 N–H and O–H groups in total. The van der Waals surface area contributed by atoms with Gasteiger partial charge in [0, 0.05) is 24.3 Å². The topological polar surface area (TPSA) is 73.6 Å². The Morgan fingerprint density at radius 3 is 2.84 bits per heavy atom. The molecule has 1 unspecified atom stereocenters. The lowest BCUT2D eigenvalue weighted by atomic mass is 10.0. The van der Waals surface area contributed by atoms with Crippen LogP contribution >= 0.6 is 11.9 Å². The first kappa shape index (κ1) is 23.7. The van der Waals surface area contributed by atoms with Crippen LogP contribution in [-0.4, -0.2) is 30.4 Å². The van der Waals surface area contributed by atoms with Gasteiger partial charge in [-0.2, -0.15) is 0 Å². The molecular formula is C25H30N2O4S. The highest BCUT2D eigenvalue weighted by molar-refractivity contribution is 7.97. The van der Waals surface area contributed by atoms with Crippen molar-refractivity contribution in [2.75, 3.05) is 19.5 Å². The Balaban J connectivity index is 1.59. The zero-order valence-corrected chi connectivity index (χ0v) is 19.7. The van der Waals surface area contributed by atoms with E-state index in [4.69, 9.17) is 13.9 Å². The predicted molar refractivity (Wildman–Crippen MR) is 128 cm³/mol. The number of nitrogens with one attached hydrogen (secondary N) is 1. The molecule has 32 heavy (non-hydrogen) atoms. The van der Waals surface area contributed by atoms with Gasteiger partial charge in [0.05, 0.1) is 24.8 Å². The number of amides is 1. The van der Waals surface area contributed by atoms with Crippen LogP contribution in [0, 0.1) is 12.8 Å². The van der Waals surface area contributed by atoms with Gasteiger partial charge in [0.25, 0.3) is 0 Å². The second kappa shape index (κ2) is 11.6. The fraction of sp³-hybridized carbons (Fsp3) is 0.360. The molecule has 1 aliphatic heterocycles. The van der Waals surface area contributed by atoms with Crippen molar-refractivity contribution in [1.82, 2.24) is 9.71 Å². The van der Waals surface area contributed by atoms with Gasteiger partial charge in [0.15, 0.2) is 0 Å². The standard InChI is InChI=1S/C25H30N2O4S/c1-5-21(15-23-17(2)11-12-20(16-30-23)24(28)27-32-4)29-14-13-22-18(3)31-25(26-22)19-9-7-6-8-10-19/h5-10,15,20H,1,11-14,16H2,2-4H3,(H,27,28)/b21-15+. The van der Waals surface area contributed by atoms with E-state index in [0.717, 1.165) is 41.2 Å². The summed E-state index contributed by atoms with van der Waals surface area (Å²) in [6.45, 7) is 8.57. The van der Waals surface area contributed by atoms with Gasteiger partial charge in [0.1, 0.15) is 17.3 Å². The fourth-order valence-electron chi connectivity index (χ4n) is 3.38. The van der Waals surface area contributed by atoms with Gasteiger partial charge >= 0.3 is 0 Å². The monoisotopic (exact) mass is 454 g/mol. The van der Waals surface area contributed by atoms with Crippen molar-refractivity contribution >= 4 is 17.9 Å². The van der Waals surface area contributed by atoms with Crippen LogP contribution in [0.4, 0.5) is 0 Å². The molecule has 6 nitrogen and oxygen atoms in total. The molecule has 0 radical (unpaired) electrons. The maximum Gasteiger partial charge on any atom is 0.236 e. The van der Waals surface area contributed by atoms with Gasteiger partial charge in [-0.1, -0.05) is 36.7 Å². The summed E-state index contributed by atoms with van der Waals surface area (Å²) in [4.78, 5) is 16.8. The van der Waals surface area contributed by atoms with Crippen LogP contribution in [0.15, 0.2) is 70.6 Å². The number of carbonyl (C=O) groups is 1. The summed E-state index contributed by atoms with van der Waals surface area (Å²) in [6, 6.07) is 9.83. The Bertz CT molecular complexity index is 995. The van der Waals surface area contributed by atoms with Gasteiger partial charge in [0.2, 0.25) is 11.8 Å². The number of benzene rings is 1. The molecule has 1 aromatic carbocycles.